The van der Waals surface area contributed by atoms with Crippen molar-refractivity contribution in [3.8, 4) is 0 Å². The zero-order chi connectivity index (χ0) is 12.2. The molecule has 0 spiro atoms. The summed E-state index contributed by atoms with van der Waals surface area (Å²) in [7, 11) is 0. The summed E-state index contributed by atoms with van der Waals surface area (Å²) in [6, 6.07) is 7.25. The van der Waals surface area contributed by atoms with E-state index in [4.69, 9.17) is 5.73 Å². The second-order valence-corrected chi connectivity index (χ2v) is 4.46. The third-order valence-electron chi connectivity index (χ3n) is 2.12. The van der Waals surface area contributed by atoms with Gasteiger partial charge in [0.1, 0.15) is 0 Å². The van der Waals surface area contributed by atoms with Gasteiger partial charge in [-0.3, -0.25) is 4.79 Å². The minimum absolute atomic E-state index is 0.139. The van der Waals surface area contributed by atoms with E-state index in [2.05, 4.69) is 5.32 Å². The van der Waals surface area contributed by atoms with Crippen LogP contribution in [0.3, 0.4) is 0 Å². The number of carbonyl (C=O) groups excluding carboxylic acids is 1. The molecule has 0 aliphatic heterocycles. The first kappa shape index (κ1) is 12.5. The molecule has 1 rings (SSSR count). The third-order valence-corrected chi connectivity index (χ3v) is 2.12. The topological polar surface area (TPSA) is 75.3 Å². The summed E-state index contributed by atoms with van der Waals surface area (Å²) in [5.41, 5.74) is 6.24. The molecule has 4 N–H and O–H groups in total. The number of nitrogen functional groups attached to an aromatic ring is 1. The molecule has 0 atom stereocenters. The van der Waals surface area contributed by atoms with E-state index < -0.39 is 5.60 Å². The Kier molecular flexibility index (Phi) is 3.90. The molecule has 0 unspecified atom stereocenters. The molecular formula is C12H18N2O2. The molecule has 1 aromatic carbocycles. The fraction of sp³-hybridized carbons (Fsp3) is 0.417. The minimum Gasteiger partial charge on any atom is -0.398 e. The Morgan fingerprint density at radius 3 is 2.62 bits per heavy atom. The molecule has 0 saturated carbocycles. The van der Waals surface area contributed by atoms with Crippen LogP contribution in [0.25, 0.3) is 0 Å². The molecule has 0 aromatic heterocycles. The average molecular weight is 222 g/mol. The zero-order valence-corrected chi connectivity index (χ0v) is 9.66. The lowest BCUT2D eigenvalue weighted by molar-refractivity contribution is -0.121. The lowest BCUT2D eigenvalue weighted by Gasteiger charge is -2.17. The Hall–Kier alpha value is -1.55. The van der Waals surface area contributed by atoms with Gasteiger partial charge in [-0.25, -0.2) is 0 Å². The third kappa shape index (κ3) is 4.31. The molecule has 0 radical (unpaired) electrons. The molecule has 0 heterocycles. The molecule has 0 aliphatic rings. The van der Waals surface area contributed by atoms with Crippen molar-refractivity contribution in [2.24, 2.45) is 0 Å². The molecule has 4 heteroatoms. The SMILES string of the molecule is CC(C)(O)CNC(=O)Cc1ccccc1N. The van der Waals surface area contributed by atoms with E-state index in [-0.39, 0.29) is 18.9 Å². The van der Waals surface area contributed by atoms with E-state index in [1.54, 1.807) is 19.9 Å². The van der Waals surface area contributed by atoms with Crippen molar-refractivity contribution in [3.05, 3.63) is 29.8 Å². The van der Waals surface area contributed by atoms with Crippen LogP contribution in [0.15, 0.2) is 24.3 Å². The van der Waals surface area contributed by atoms with Gasteiger partial charge in [-0.15, -0.1) is 0 Å². The highest BCUT2D eigenvalue weighted by Crippen LogP contribution is 2.10. The Morgan fingerprint density at radius 1 is 1.44 bits per heavy atom. The number of aliphatic hydroxyl groups is 1. The normalized spacial score (nSPS) is 11.2. The van der Waals surface area contributed by atoms with E-state index in [9.17, 15) is 9.90 Å². The fourth-order valence-corrected chi connectivity index (χ4v) is 1.25. The molecule has 0 fully saturated rings. The quantitative estimate of drug-likeness (QED) is 0.656. The second-order valence-electron chi connectivity index (χ2n) is 4.46. The van der Waals surface area contributed by atoms with Gasteiger partial charge in [-0.05, 0) is 25.5 Å². The van der Waals surface area contributed by atoms with Gasteiger partial charge in [0.15, 0.2) is 0 Å². The van der Waals surface area contributed by atoms with Gasteiger partial charge in [-0.1, -0.05) is 18.2 Å². The number of hydrogen-bond acceptors (Lipinski definition) is 3. The van der Waals surface area contributed by atoms with Gasteiger partial charge in [0, 0.05) is 12.2 Å². The Labute approximate surface area is 95.5 Å². The summed E-state index contributed by atoms with van der Waals surface area (Å²) in [6.45, 7) is 3.52. The number of para-hydroxylation sites is 1. The number of carbonyl (C=O) groups is 1. The summed E-state index contributed by atoms with van der Waals surface area (Å²) < 4.78 is 0. The van der Waals surface area contributed by atoms with Gasteiger partial charge in [0.2, 0.25) is 5.91 Å². The van der Waals surface area contributed by atoms with Crippen molar-refractivity contribution in [2.75, 3.05) is 12.3 Å². The highest BCUT2D eigenvalue weighted by atomic mass is 16.3. The highest BCUT2D eigenvalue weighted by Gasteiger charge is 2.14. The zero-order valence-electron chi connectivity index (χ0n) is 9.66. The predicted molar refractivity (Wildman–Crippen MR) is 63.9 cm³/mol. The molecule has 0 aliphatic carbocycles. The van der Waals surface area contributed by atoms with Gasteiger partial charge in [-0.2, -0.15) is 0 Å². The Balaban J connectivity index is 2.50. The molecule has 1 aromatic rings. The molecular weight excluding hydrogens is 204 g/mol. The minimum atomic E-state index is -0.891. The standard InChI is InChI=1S/C12H18N2O2/c1-12(2,16)8-14-11(15)7-9-5-3-4-6-10(9)13/h3-6,16H,7-8,13H2,1-2H3,(H,14,15). The van der Waals surface area contributed by atoms with Crippen LogP contribution in [0.2, 0.25) is 0 Å². The van der Waals surface area contributed by atoms with Gasteiger partial charge in [0.05, 0.1) is 12.0 Å². The van der Waals surface area contributed by atoms with Gasteiger partial charge in [0.25, 0.3) is 0 Å². The fourth-order valence-electron chi connectivity index (χ4n) is 1.25. The van der Waals surface area contributed by atoms with Crippen LogP contribution >= 0.6 is 0 Å². The number of hydrogen-bond donors (Lipinski definition) is 3. The van der Waals surface area contributed by atoms with Crippen LogP contribution in [0.1, 0.15) is 19.4 Å². The van der Waals surface area contributed by atoms with Crippen LogP contribution in [-0.2, 0) is 11.2 Å². The lowest BCUT2D eigenvalue weighted by Crippen LogP contribution is -2.38. The van der Waals surface area contributed by atoms with Crippen LogP contribution in [0, 0.1) is 0 Å². The second kappa shape index (κ2) is 4.99. The van der Waals surface area contributed by atoms with Crippen molar-refractivity contribution in [1.29, 1.82) is 0 Å². The van der Waals surface area contributed by atoms with Crippen LogP contribution < -0.4 is 11.1 Å². The first-order chi connectivity index (χ1) is 7.38. The van der Waals surface area contributed by atoms with Crippen LogP contribution in [0.5, 0.6) is 0 Å². The predicted octanol–water partition coefficient (Wildman–Crippen LogP) is 0.698. The highest BCUT2D eigenvalue weighted by molar-refractivity contribution is 5.80. The van der Waals surface area contributed by atoms with Crippen molar-refractivity contribution in [1.82, 2.24) is 5.32 Å². The molecule has 0 bridgehead atoms. The maximum Gasteiger partial charge on any atom is 0.224 e. The Bertz CT molecular complexity index is 370. The van der Waals surface area contributed by atoms with E-state index >= 15 is 0 Å². The van der Waals surface area contributed by atoms with Crippen molar-refractivity contribution < 1.29 is 9.90 Å². The van der Waals surface area contributed by atoms with Gasteiger partial charge >= 0.3 is 0 Å². The molecule has 1 amide bonds. The van der Waals surface area contributed by atoms with E-state index in [1.807, 2.05) is 18.2 Å². The number of benzene rings is 1. The van der Waals surface area contributed by atoms with Crippen molar-refractivity contribution in [2.45, 2.75) is 25.9 Å². The summed E-state index contributed by atoms with van der Waals surface area (Å²) in [5.74, 6) is -0.139. The molecule has 0 saturated heterocycles. The number of nitrogens with two attached hydrogens (primary N) is 1. The first-order valence-electron chi connectivity index (χ1n) is 5.21. The molecule has 16 heavy (non-hydrogen) atoms. The summed E-state index contributed by atoms with van der Waals surface area (Å²) >= 11 is 0. The largest absolute Gasteiger partial charge is 0.398 e. The van der Waals surface area contributed by atoms with Crippen molar-refractivity contribution in [3.63, 3.8) is 0 Å². The van der Waals surface area contributed by atoms with Gasteiger partial charge < -0.3 is 16.2 Å². The lowest BCUT2D eigenvalue weighted by atomic mass is 10.1. The van der Waals surface area contributed by atoms with E-state index in [0.29, 0.717) is 5.69 Å². The molecule has 88 valence electrons. The number of rotatable bonds is 4. The number of nitrogens with one attached hydrogen (secondary N) is 1. The maximum atomic E-state index is 11.5. The van der Waals surface area contributed by atoms with Crippen LogP contribution in [-0.4, -0.2) is 23.2 Å². The number of amides is 1. The monoisotopic (exact) mass is 222 g/mol. The summed E-state index contributed by atoms with van der Waals surface area (Å²) in [5, 5.41) is 12.1. The summed E-state index contributed by atoms with van der Waals surface area (Å²) in [4.78, 5) is 11.5. The smallest absolute Gasteiger partial charge is 0.224 e. The Morgan fingerprint density at radius 2 is 2.06 bits per heavy atom. The average Bonchev–Trinajstić information content (AvgIpc) is 2.18. The first-order valence-corrected chi connectivity index (χ1v) is 5.21. The van der Waals surface area contributed by atoms with E-state index in [0.717, 1.165) is 5.56 Å². The van der Waals surface area contributed by atoms with Crippen molar-refractivity contribution >= 4 is 11.6 Å². The number of anilines is 1. The van der Waals surface area contributed by atoms with E-state index in [1.165, 1.54) is 0 Å². The van der Waals surface area contributed by atoms with Crippen LogP contribution in [0.4, 0.5) is 5.69 Å². The molecule has 4 nitrogen and oxygen atoms in total. The maximum absolute atomic E-state index is 11.5. The summed E-state index contributed by atoms with van der Waals surface area (Å²) in [6.07, 6.45) is 0.239.